The van der Waals surface area contributed by atoms with E-state index < -0.39 is 21.9 Å². The van der Waals surface area contributed by atoms with Crippen molar-refractivity contribution in [1.29, 1.82) is 0 Å². The summed E-state index contributed by atoms with van der Waals surface area (Å²) in [5.41, 5.74) is 0.972. The van der Waals surface area contributed by atoms with E-state index >= 15 is 0 Å². The number of benzene rings is 2. The van der Waals surface area contributed by atoms with Gasteiger partial charge in [-0.2, -0.15) is 4.31 Å². The predicted molar refractivity (Wildman–Crippen MR) is 120 cm³/mol. The van der Waals surface area contributed by atoms with Crippen LogP contribution in [-0.2, 0) is 30.8 Å². The number of hydrogen-bond donors (Lipinski definition) is 0. The zero-order valence-corrected chi connectivity index (χ0v) is 19.5. The van der Waals surface area contributed by atoms with Crippen molar-refractivity contribution in [2.75, 3.05) is 47.1 Å². The van der Waals surface area contributed by atoms with E-state index in [1.54, 1.807) is 0 Å². The molecule has 2 aromatic carbocycles. The quantitative estimate of drug-likeness (QED) is 0.510. The van der Waals surface area contributed by atoms with Gasteiger partial charge in [-0.15, -0.1) is 0 Å². The Kier molecular flexibility index (Phi) is 8.43. The molecule has 0 unspecified atom stereocenters. The van der Waals surface area contributed by atoms with Crippen LogP contribution < -0.4 is 4.74 Å². The Balaban J connectivity index is 1.94. The number of esters is 1. The second-order valence-corrected chi connectivity index (χ2v) is 9.35. The van der Waals surface area contributed by atoms with Gasteiger partial charge in [0, 0.05) is 26.2 Å². The fraction of sp³-hybridized carbons (Fsp3) is 0.391. The molecule has 1 amide bonds. The van der Waals surface area contributed by atoms with E-state index in [0.717, 1.165) is 5.56 Å². The van der Waals surface area contributed by atoms with E-state index in [4.69, 9.17) is 14.2 Å². The Hall–Kier alpha value is -2.95. The van der Waals surface area contributed by atoms with Crippen LogP contribution in [0.2, 0.25) is 0 Å². The molecule has 0 saturated carbocycles. The van der Waals surface area contributed by atoms with Crippen LogP contribution in [0.25, 0.3) is 0 Å². The predicted octanol–water partition coefficient (Wildman–Crippen LogP) is 1.92. The molecule has 1 aliphatic heterocycles. The minimum Gasteiger partial charge on any atom is -0.496 e. The van der Waals surface area contributed by atoms with Crippen molar-refractivity contribution in [3.05, 3.63) is 59.7 Å². The summed E-state index contributed by atoms with van der Waals surface area (Å²) < 4.78 is 42.9. The second-order valence-electron chi connectivity index (χ2n) is 7.42. The van der Waals surface area contributed by atoms with Crippen LogP contribution in [0.15, 0.2) is 53.4 Å². The first kappa shape index (κ1) is 24.7. The highest BCUT2D eigenvalue weighted by Crippen LogP contribution is 2.27. The Labute approximate surface area is 193 Å². The first-order chi connectivity index (χ1) is 15.9. The van der Waals surface area contributed by atoms with E-state index in [0.29, 0.717) is 13.2 Å². The number of hydrogen-bond acceptors (Lipinski definition) is 7. The molecule has 33 heavy (non-hydrogen) atoms. The number of methoxy groups -OCH3 is 2. The summed E-state index contributed by atoms with van der Waals surface area (Å²) in [4.78, 5) is 26.8. The zero-order chi connectivity index (χ0) is 23.8. The molecule has 0 radical (unpaired) electrons. The van der Waals surface area contributed by atoms with Crippen molar-refractivity contribution in [1.82, 2.24) is 9.21 Å². The molecule has 2 aromatic rings. The number of ether oxygens (including phenoxy) is 3. The Morgan fingerprint density at radius 1 is 1.06 bits per heavy atom. The Morgan fingerprint density at radius 2 is 1.76 bits per heavy atom. The lowest BCUT2D eigenvalue weighted by Crippen LogP contribution is -2.40. The molecule has 9 nitrogen and oxygen atoms in total. The van der Waals surface area contributed by atoms with E-state index in [-0.39, 0.29) is 48.8 Å². The number of nitrogens with zero attached hydrogens (tertiary/aromatic N) is 2. The number of sulfonamides is 1. The lowest BCUT2D eigenvalue weighted by molar-refractivity contribution is -0.140. The molecule has 178 valence electrons. The van der Waals surface area contributed by atoms with Gasteiger partial charge in [0.15, 0.2) is 0 Å². The van der Waals surface area contributed by atoms with Gasteiger partial charge < -0.3 is 19.1 Å². The molecule has 1 saturated heterocycles. The molecule has 0 bridgehead atoms. The molecule has 1 aliphatic rings. The van der Waals surface area contributed by atoms with E-state index in [9.17, 15) is 18.0 Å². The van der Waals surface area contributed by atoms with Gasteiger partial charge in [0.1, 0.15) is 5.75 Å². The summed E-state index contributed by atoms with van der Waals surface area (Å²) in [7, 11) is -1.10. The molecule has 3 rings (SSSR count). The monoisotopic (exact) mass is 476 g/mol. The fourth-order valence-corrected chi connectivity index (χ4v) is 4.94. The lowest BCUT2D eigenvalue weighted by Gasteiger charge is -2.27. The maximum Gasteiger partial charge on any atom is 0.307 e. The van der Waals surface area contributed by atoms with Crippen molar-refractivity contribution in [2.24, 2.45) is 0 Å². The third kappa shape index (κ3) is 6.10. The summed E-state index contributed by atoms with van der Waals surface area (Å²) >= 11 is 0. The van der Waals surface area contributed by atoms with Gasteiger partial charge in [0.05, 0.1) is 44.3 Å². The van der Waals surface area contributed by atoms with Crippen molar-refractivity contribution >= 4 is 21.9 Å². The number of rotatable bonds is 9. The average molecular weight is 477 g/mol. The van der Waals surface area contributed by atoms with Gasteiger partial charge in [0.25, 0.3) is 5.91 Å². The van der Waals surface area contributed by atoms with Crippen LogP contribution in [0.5, 0.6) is 5.75 Å². The van der Waals surface area contributed by atoms with Crippen molar-refractivity contribution in [3.8, 4) is 5.75 Å². The number of carbonyl (C=O) groups is 2. The first-order valence-electron chi connectivity index (χ1n) is 10.5. The smallest absolute Gasteiger partial charge is 0.307 e. The van der Waals surface area contributed by atoms with Gasteiger partial charge in [0.2, 0.25) is 10.0 Å². The summed E-state index contributed by atoms with van der Waals surface area (Å²) in [6.45, 7) is 1.47. The minimum absolute atomic E-state index is 0.00109. The van der Waals surface area contributed by atoms with Crippen LogP contribution in [-0.4, -0.2) is 76.6 Å². The molecular formula is C23H28N2O7S. The van der Waals surface area contributed by atoms with Gasteiger partial charge >= 0.3 is 5.97 Å². The van der Waals surface area contributed by atoms with Crippen LogP contribution in [0, 0.1) is 0 Å². The molecule has 0 aliphatic carbocycles. The topological polar surface area (TPSA) is 102 Å². The highest BCUT2D eigenvalue weighted by molar-refractivity contribution is 7.89. The van der Waals surface area contributed by atoms with Crippen LogP contribution in [0.1, 0.15) is 22.3 Å². The molecule has 1 heterocycles. The standard InChI is InChI=1S/C23H28N2O7S/c1-30-21-9-8-19(33(28,29)25-12-14-32-15-13-25)16-20(21)23(27)24(11-10-22(26)31-2)17-18-6-4-3-5-7-18/h3-9,16H,10-15,17H2,1-2H3. The maximum atomic E-state index is 13.6. The summed E-state index contributed by atoms with van der Waals surface area (Å²) in [5.74, 6) is -0.646. The lowest BCUT2D eigenvalue weighted by atomic mass is 10.1. The highest BCUT2D eigenvalue weighted by atomic mass is 32.2. The summed E-state index contributed by atoms with van der Waals surface area (Å²) in [5, 5.41) is 0. The minimum atomic E-state index is -3.80. The van der Waals surface area contributed by atoms with Crippen LogP contribution in [0.3, 0.4) is 0 Å². The number of amides is 1. The molecular weight excluding hydrogens is 448 g/mol. The molecule has 1 fully saturated rings. The van der Waals surface area contributed by atoms with E-state index in [2.05, 4.69) is 0 Å². The fourth-order valence-electron chi connectivity index (χ4n) is 3.51. The Morgan fingerprint density at radius 3 is 2.39 bits per heavy atom. The second kappa shape index (κ2) is 11.3. The van der Waals surface area contributed by atoms with Crippen LogP contribution >= 0.6 is 0 Å². The van der Waals surface area contributed by atoms with E-state index in [1.165, 1.54) is 41.6 Å². The van der Waals surface area contributed by atoms with Gasteiger partial charge in [-0.1, -0.05) is 30.3 Å². The maximum absolute atomic E-state index is 13.6. The SMILES string of the molecule is COC(=O)CCN(Cc1ccccc1)C(=O)c1cc(S(=O)(=O)N2CCOCC2)ccc1OC. The molecule has 10 heteroatoms. The number of morpholine rings is 1. The van der Waals surface area contributed by atoms with Crippen LogP contribution in [0.4, 0.5) is 0 Å². The third-order valence-electron chi connectivity index (χ3n) is 5.33. The third-order valence-corrected chi connectivity index (χ3v) is 7.22. The summed E-state index contributed by atoms with van der Waals surface area (Å²) in [6.07, 6.45) is 0.00313. The largest absolute Gasteiger partial charge is 0.496 e. The van der Waals surface area contributed by atoms with E-state index in [1.807, 2.05) is 30.3 Å². The average Bonchev–Trinajstić information content (AvgIpc) is 2.86. The van der Waals surface area contributed by atoms with Gasteiger partial charge in [-0.25, -0.2) is 8.42 Å². The van der Waals surface area contributed by atoms with Crippen molar-refractivity contribution in [3.63, 3.8) is 0 Å². The van der Waals surface area contributed by atoms with Gasteiger partial charge in [-0.05, 0) is 23.8 Å². The normalized spacial score (nSPS) is 14.5. The summed E-state index contributed by atoms with van der Waals surface area (Å²) in [6, 6.07) is 13.6. The number of carbonyl (C=O) groups excluding carboxylic acids is 2. The molecule has 0 atom stereocenters. The zero-order valence-electron chi connectivity index (χ0n) is 18.7. The van der Waals surface area contributed by atoms with Gasteiger partial charge in [-0.3, -0.25) is 9.59 Å². The molecule has 0 aromatic heterocycles. The Bertz CT molecular complexity index is 1070. The van der Waals surface area contributed by atoms with Crippen molar-refractivity contribution in [2.45, 2.75) is 17.9 Å². The molecule has 0 spiro atoms. The van der Waals surface area contributed by atoms with Crippen molar-refractivity contribution < 1.29 is 32.2 Å². The highest BCUT2D eigenvalue weighted by Gasteiger charge is 2.29. The first-order valence-corrected chi connectivity index (χ1v) is 12.0. The molecule has 0 N–H and O–H groups in total.